The maximum absolute atomic E-state index is 15.2. The van der Waals surface area contributed by atoms with E-state index in [1.54, 1.807) is 101 Å². The number of nitrogens with two attached hydrogens (primary N) is 1. The SMILES string of the molecule is CNC.Cc1ccnc(C(C)C)c1-n1c(=O)nc2c3c(c(Cl)c(-c4ccccc4F)nc31)OC[C@H]1CCCCN21.Cc1ccnc(C(C)C)c1-n1c(=O)nc2c3c(c(Cl)c(-c4ccccc4F)nc31)OC[C@H]1CN(C(=O)/C=C/CBr)CCN21.Cc1ccnc(C(C)C)c1-n1c(=O)nc2c3c(c(Cl)c(-c4ccccc4F)nc31)OC[C@H]1CN(C(=O)/C=C/CN)CCN21. The zero-order valence-electron chi connectivity index (χ0n) is 71.4. The zero-order chi connectivity index (χ0) is 89.4. The molecule has 18 rings (SSSR count). The predicted molar refractivity (Wildman–Crippen MR) is 489 cm³/mol. The third kappa shape index (κ3) is 16.8. The minimum Gasteiger partial charge on any atom is -0.489 e. The van der Waals surface area contributed by atoms with Crippen LogP contribution in [0.4, 0.5) is 30.6 Å². The minimum absolute atomic E-state index is 0.0187. The Morgan fingerprint density at radius 2 is 0.810 bits per heavy atom. The smallest absolute Gasteiger partial charge is 0.355 e. The number of aromatic nitrogens is 12. The number of allylic oxidation sites excluding steroid dienone is 1. The van der Waals surface area contributed by atoms with Crippen LogP contribution in [0.3, 0.4) is 0 Å². The van der Waals surface area contributed by atoms with Gasteiger partial charge < -0.3 is 49.8 Å². The molecule has 654 valence electrons. The van der Waals surface area contributed by atoms with Crippen LogP contribution in [-0.4, -0.2) is 190 Å². The van der Waals surface area contributed by atoms with Gasteiger partial charge in [0.25, 0.3) is 0 Å². The molecular formula is C92H94BrCl3F3N19O8. The number of alkyl halides is 1. The number of ether oxygens (including phenoxy) is 3. The van der Waals surface area contributed by atoms with Crippen LogP contribution in [0, 0.1) is 38.2 Å². The minimum atomic E-state index is -0.564. The van der Waals surface area contributed by atoms with Gasteiger partial charge in [-0.2, -0.15) is 15.0 Å². The van der Waals surface area contributed by atoms with Gasteiger partial charge in [-0.15, -0.1) is 0 Å². The lowest BCUT2D eigenvalue weighted by molar-refractivity contribution is -0.127. The Morgan fingerprint density at radius 1 is 0.484 bits per heavy atom. The third-order valence-corrected chi connectivity index (χ3v) is 24.3. The highest BCUT2D eigenvalue weighted by Gasteiger charge is 2.42. The molecule has 9 aromatic heterocycles. The Bertz CT molecular complexity index is 6270. The molecule has 3 aromatic carbocycles. The van der Waals surface area contributed by atoms with Gasteiger partial charge in [0.15, 0.2) is 34.2 Å². The highest BCUT2D eigenvalue weighted by atomic mass is 79.9. The Balaban J connectivity index is 0.000000144. The van der Waals surface area contributed by atoms with Gasteiger partial charge in [-0.05, 0) is 149 Å². The summed E-state index contributed by atoms with van der Waals surface area (Å²) in [6.45, 7) is 21.8. The van der Waals surface area contributed by atoms with E-state index in [2.05, 4.69) is 56.1 Å². The fourth-order valence-electron chi connectivity index (χ4n) is 17.0. The number of amides is 2. The number of rotatable bonds is 13. The molecule has 0 aliphatic carbocycles. The summed E-state index contributed by atoms with van der Waals surface area (Å²) in [7, 11) is 3.75. The molecule has 34 heteroatoms. The van der Waals surface area contributed by atoms with Gasteiger partial charge in [0.1, 0.15) is 86.0 Å². The van der Waals surface area contributed by atoms with Crippen molar-refractivity contribution in [2.75, 3.05) is 106 Å². The van der Waals surface area contributed by atoms with Crippen molar-refractivity contribution in [3.8, 4) is 68.1 Å². The van der Waals surface area contributed by atoms with Crippen molar-refractivity contribution in [3.05, 3.63) is 232 Å². The summed E-state index contributed by atoms with van der Waals surface area (Å²) in [4.78, 5) is 119. The summed E-state index contributed by atoms with van der Waals surface area (Å²) in [5.41, 5.74) is 12.2. The van der Waals surface area contributed by atoms with Crippen molar-refractivity contribution >= 4 is 113 Å². The fourth-order valence-corrected chi connectivity index (χ4v) is 18.1. The number of piperidine rings is 1. The van der Waals surface area contributed by atoms with Crippen LogP contribution < -0.4 is 57.0 Å². The molecule has 0 bridgehead atoms. The molecule has 3 N–H and O–H groups in total. The molecule has 0 spiro atoms. The Morgan fingerprint density at radius 3 is 1.13 bits per heavy atom. The van der Waals surface area contributed by atoms with Crippen LogP contribution in [0.5, 0.6) is 17.2 Å². The molecule has 0 saturated carbocycles. The second-order valence-electron chi connectivity index (χ2n) is 32.3. The largest absolute Gasteiger partial charge is 0.489 e. The van der Waals surface area contributed by atoms with E-state index in [1.807, 2.05) is 104 Å². The van der Waals surface area contributed by atoms with Crippen molar-refractivity contribution in [3.63, 3.8) is 0 Å². The van der Waals surface area contributed by atoms with E-state index < -0.39 is 34.5 Å². The summed E-state index contributed by atoms with van der Waals surface area (Å²) in [6.07, 6.45) is 14.5. The van der Waals surface area contributed by atoms with Crippen LogP contribution in [0.15, 0.2) is 148 Å². The van der Waals surface area contributed by atoms with E-state index in [1.165, 1.54) is 38.0 Å². The average Bonchev–Trinajstić information content (AvgIpc) is 1.56. The van der Waals surface area contributed by atoms with Crippen molar-refractivity contribution in [2.45, 2.75) is 117 Å². The fraction of sp³-hybridized carbons (Fsp3) is 0.348. The first-order valence-corrected chi connectivity index (χ1v) is 44.0. The van der Waals surface area contributed by atoms with E-state index in [9.17, 15) is 24.0 Å². The van der Waals surface area contributed by atoms with Gasteiger partial charge in [-0.1, -0.05) is 141 Å². The Labute approximate surface area is 748 Å². The van der Waals surface area contributed by atoms with E-state index in [-0.39, 0.29) is 139 Å². The predicted octanol–water partition coefficient (Wildman–Crippen LogP) is 15.1. The molecule has 12 aromatic rings. The van der Waals surface area contributed by atoms with E-state index in [0.29, 0.717) is 125 Å². The number of hydrogen-bond donors (Lipinski definition) is 2. The number of anilines is 3. The summed E-state index contributed by atoms with van der Waals surface area (Å²) in [6, 6.07) is 23.6. The number of benzene rings is 3. The molecule has 2 amide bonds. The second kappa shape index (κ2) is 37.8. The number of pyridine rings is 6. The van der Waals surface area contributed by atoms with Gasteiger partial charge in [-0.3, -0.25) is 24.5 Å². The zero-order valence-corrected chi connectivity index (χ0v) is 75.2. The molecule has 0 radical (unpaired) electrons. The molecule has 0 unspecified atom stereocenters. The van der Waals surface area contributed by atoms with Gasteiger partial charge in [-0.25, -0.2) is 56.2 Å². The highest BCUT2D eigenvalue weighted by molar-refractivity contribution is 9.09. The van der Waals surface area contributed by atoms with E-state index in [4.69, 9.17) is 69.7 Å². The second-order valence-corrected chi connectivity index (χ2v) is 34.1. The van der Waals surface area contributed by atoms with E-state index in [0.717, 1.165) is 48.2 Å². The summed E-state index contributed by atoms with van der Waals surface area (Å²) >= 11 is 24.2. The summed E-state index contributed by atoms with van der Waals surface area (Å²) in [5.74, 6) is 0.397. The summed E-state index contributed by atoms with van der Waals surface area (Å²) < 4.78 is 68.8. The molecule has 3 atom stereocenters. The third-order valence-electron chi connectivity index (χ3n) is 22.9. The number of nitrogens with one attached hydrogen (secondary N) is 1. The maximum atomic E-state index is 15.2. The van der Waals surface area contributed by atoms with Gasteiger partial charge in [0.2, 0.25) is 11.8 Å². The molecule has 6 aliphatic heterocycles. The van der Waals surface area contributed by atoms with Crippen molar-refractivity contribution in [1.29, 1.82) is 0 Å². The quantitative estimate of drug-likeness (QED) is 0.0800. The molecule has 3 fully saturated rings. The normalized spacial score (nSPS) is 16.4. The lowest BCUT2D eigenvalue weighted by Gasteiger charge is -2.40. The molecular weight excluding hydrogens is 1740 g/mol. The van der Waals surface area contributed by atoms with Crippen LogP contribution in [-0.2, 0) is 9.59 Å². The molecule has 126 heavy (non-hydrogen) atoms. The number of carbonyl (C=O) groups is 2. The number of halogens is 7. The Kier molecular flexibility index (Phi) is 26.7. The van der Waals surface area contributed by atoms with Crippen molar-refractivity contribution in [1.82, 2.24) is 73.7 Å². The first kappa shape index (κ1) is 89.1. The molecule has 15 heterocycles. The summed E-state index contributed by atoms with van der Waals surface area (Å²) in [5, 5.41) is 5.20. The lowest BCUT2D eigenvalue weighted by Crippen LogP contribution is -2.56. The standard InChI is InChI=1S/C31H29BrClFN6O3.C31H31ClFN7O3.C28H27ClFN5O2.C2H7N/c1-17(2)25-27(18(3)10-12-35-25)40-30-23-28(24(33)26(36-30)20-7-4-5-8-21(20)34)43-16-19-15-38(22(41)9-6-11-32)13-14-39(19)29(23)37-31(40)42;1-17(2)25-27(18(3)10-12-35-25)40-30-23-28(24(32)26(36-30)20-7-4-5-8-21(20)33)43-16-19-15-38(22(41)9-6-11-34)13-14-39(19)29(23)37-31(40)42;1-15(2)22-24(16(3)11-12-31-22)35-27-20-25(21(29)23(32-27)18-9-4-5-10-19(18)30)37-14-17-8-6-7-13-34(17)26(20)33-28(35)36;1-3-2/h4-10,12,17,19H,11,13-16H2,1-3H3;4-10,12,17,19H,11,13-16,34H2,1-3H3;4-5,9-12,15,17H,6-8,13-14H2,1-3H3;3H,1-2H3/b2*9-6+;;/t2*19-;17-;/m111./s1. The number of fused-ring (bicyclic) bond motifs is 6. The number of nitrogens with zero attached hydrogens (tertiary/aromatic N) is 17. The van der Waals surface area contributed by atoms with Gasteiger partial charge >= 0.3 is 17.1 Å². The number of aryl methyl sites for hydroxylation is 3. The molecule has 27 nitrogen and oxygen atoms in total. The van der Waals surface area contributed by atoms with Crippen LogP contribution >= 0.6 is 50.7 Å². The van der Waals surface area contributed by atoms with Gasteiger partial charge in [0.05, 0.1) is 69.4 Å². The van der Waals surface area contributed by atoms with E-state index >= 15 is 13.2 Å². The number of carbonyl (C=O) groups excluding carboxylic acids is 2. The Hall–Kier alpha value is -11.7. The first-order valence-electron chi connectivity index (χ1n) is 41.7. The van der Waals surface area contributed by atoms with Crippen LogP contribution in [0.2, 0.25) is 15.1 Å². The van der Waals surface area contributed by atoms with Crippen LogP contribution in [0.25, 0.3) is 83.9 Å². The van der Waals surface area contributed by atoms with Crippen molar-refractivity contribution in [2.24, 2.45) is 5.73 Å². The first-order chi connectivity index (χ1) is 60.7. The maximum Gasteiger partial charge on any atom is 0.355 e. The van der Waals surface area contributed by atoms with Gasteiger partial charge in [0, 0.05) is 99.0 Å². The van der Waals surface area contributed by atoms with Crippen LogP contribution in [0.1, 0.15) is 112 Å². The molecule has 6 aliphatic rings. The topological polar surface area (TPSA) is 298 Å². The molecule has 3 saturated heterocycles. The number of piperazine rings is 2. The highest BCUT2D eigenvalue weighted by Crippen LogP contribution is 2.50. The average molecular weight is 1840 g/mol. The monoisotopic (exact) mass is 1830 g/mol. The number of hydrogen-bond acceptors (Lipinski definition) is 22. The van der Waals surface area contributed by atoms with Crippen molar-refractivity contribution < 1.29 is 37.0 Å². The lowest BCUT2D eigenvalue weighted by atomic mass is 10.0.